The van der Waals surface area contributed by atoms with Crippen LogP contribution in [0.5, 0.6) is 0 Å². The van der Waals surface area contributed by atoms with Crippen LogP contribution in [0.2, 0.25) is 0 Å². The van der Waals surface area contributed by atoms with E-state index in [2.05, 4.69) is 15.3 Å². The molecule has 4 nitrogen and oxygen atoms in total. The minimum Gasteiger partial charge on any atom is -0.394 e. The van der Waals surface area contributed by atoms with Gasteiger partial charge in [-0.15, -0.1) is 11.8 Å². The fraction of sp³-hybridized carbons (Fsp3) is 0.636. The number of nitrogens with zero attached hydrogens (tertiary/aromatic N) is 2. The molecule has 0 aromatic carbocycles. The van der Waals surface area contributed by atoms with Crippen LogP contribution in [0.1, 0.15) is 24.4 Å². The maximum absolute atomic E-state index is 9.32. The Kier molecular flexibility index (Phi) is 2.33. The first-order valence-corrected chi connectivity index (χ1v) is 6.60. The van der Waals surface area contributed by atoms with Gasteiger partial charge in [-0.2, -0.15) is 0 Å². The molecule has 2 heterocycles. The third kappa shape index (κ3) is 1.68. The van der Waals surface area contributed by atoms with Crippen molar-refractivity contribution in [3.8, 4) is 0 Å². The molecule has 1 aromatic rings. The predicted octanol–water partition coefficient (Wildman–Crippen LogP) is 1.37. The molecule has 0 spiro atoms. The van der Waals surface area contributed by atoms with Crippen molar-refractivity contribution in [3.05, 3.63) is 11.5 Å². The zero-order chi connectivity index (χ0) is 11.2. The van der Waals surface area contributed by atoms with E-state index in [0.29, 0.717) is 0 Å². The summed E-state index contributed by atoms with van der Waals surface area (Å²) in [6.07, 6.45) is 3.10. The minimum absolute atomic E-state index is 0.0995. The van der Waals surface area contributed by atoms with Gasteiger partial charge in [-0.25, -0.2) is 9.97 Å². The molecule has 0 saturated heterocycles. The molecule has 2 N–H and O–H groups in total. The minimum atomic E-state index is -0.0995. The van der Waals surface area contributed by atoms with Gasteiger partial charge in [0.2, 0.25) is 0 Å². The second-order valence-corrected chi connectivity index (χ2v) is 5.66. The number of hydrogen-bond acceptors (Lipinski definition) is 5. The van der Waals surface area contributed by atoms with Crippen molar-refractivity contribution >= 4 is 17.6 Å². The number of thioether (sulfide) groups is 1. The molecule has 0 bridgehead atoms. The molecule has 1 aromatic heterocycles. The van der Waals surface area contributed by atoms with Crippen LogP contribution >= 0.6 is 11.8 Å². The number of fused-ring (bicyclic) bond motifs is 1. The summed E-state index contributed by atoms with van der Waals surface area (Å²) in [6, 6.07) is 0. The summed E-state index contributed by atoms with van der Waals surface area (Å²) in [4.78, 5) is 10.1. The largest absolute Gasteiger partial charge is 0.394 e. The molecule has 1 saturated carbocycles. The average molecular weight is 237 g/mol. The highest BCUT2D eigenvalue weighted by Gasteiger charge is 2.43. The van der Waals surface area contributed by atoms with Gasteiger partial charge in [0.05, 0.1) is 22.7 Å². The number of nitrogens with one attached hydrogen (secondary N) is 1. The highest BCUT2D eigenvalue weighted by Crippen LogP contribution is 2.42. The van der Waals surface area contributed by atoms with Gasteiger partial charge >= 0.3 is 0 Å². The van der Waals surface area contributed by atoms with Crippen LogP contribution in [0, 0.1) is 6.92 Å². The van der Waals surface area contributed by atoms with Crippen molar-refractivity contribution in [1.82, 2.24) is 9.97 Å². The normalized spacial score (nSPS) is 20.6. The second-order valence-electron chi connectivity index (χ2n) is 4.56. The SMILES string of the molecule is Cc1nc2c(c(NC3(CO)CC3)n1)SCC2. The molecule has 0 radical (unpaired) electrons. The van der Waals surface area contributed by atoms with Gasteiger partial charge in [-0.1, -0.05) is 0 Å². The molecule has 0 atom stereocenters. The Morgan fingerprint density at radius 3 is 2.94 bits per heavy atom. The van der Waals surface area contributed by atoms with Gasteiger partial charge in [0.15, 0.2) is 0 Å². The van der Waals surface area contributed by atoms with Gasteiger partial charge in [0, 0.05) is 12.2 Å². The summed E-state index contributed by atoms with van der Waals surface area (Å²) in [5.41, 5.74) is 1.06. The Bertz CT molecular complexity index is 431. The van der Waals surface area contributed by atoms with E-state index < -0.39 is 0 Å². The van der Waals surface area contributed by atoms with Gasteiger partial charge in [0.25, 0.3) is 0 Å². The number of hydrogen-bond donors (Lipinski definition) is 2. The van der Waals surface area contributed by atoms with Crippen molar-refractivity contribution in [1.29, 1.82) is 0 Å². The first kappa shape index (κ1) is 10.4. The van der Waals surface area contributed by atoms with E-state index in [1.165, 1.54) is 4.90 Å². The van der Waals surface area contributed by atoms with Crippen molar-refractivity contribution < 1.29 is 5.11 Å². The Hall–Kier alpha value is -0.810. The molecule has 5 heteroatoms. The third-order valence-corrected chi connectivity index (χ3v) is 4.30. The summed E-state index contributed by atoms with van der Waals surface area (Å²) in [5.74, 6) is 2.84. The summed E-state index contributed by atoms with van der Waals surface area (Å²) >= 11 is 1.81. The number of aromatic nitrogens is 2. The van der Waals surface area contributed by atoms with E-state index in [9.17, 15) is 5.11 Å². The number of aliphatic hydroxyl groups is 1. The lowest BCUT2D eigenvalue weighted by Gasteiger charge is -2.17. The fourth-order valence-corrected chi connectivity index (χ4v) is 3.05. The van der Waals surface area contributed by atoms with Gasteiger partial charge in [0.1, 0.15) is 11.6 Å². The highest BCUT2D eigenvalue weighted by molar-refractivity contribution is 7.99. The maximum atomic E-state index is 9.32. The second kappa shape index (κ2) is 3.60. The van der Waals surface area contributed by atoms with Crippen molar-refractivity contribution in [2.24, 2.45) is 0 Å². The number of anilines is 1. The lowest BCUT2D eigenvalue weighted by molar-refractivity contribution is 0.265. The van der Waals surface area contributed by atoms with E-state index in [0.717, 1.165) is 42.4 Å². The Labute approximate surface area is 98.9 Å². The van der Waals surface area contributed by atoms with Crippen LogP contribution in [0.25, 0.3) is 0 Å². The predicted molar refractivity (Wildman–Crippen MR) is 63.9 cm³/mol. The molecular formula is C11H15N3OS. The molecule has 16 heavy (non-hydrogen) atoms. The Morgan fingerprint density at radius 1 is 1.44 bits per heavy atom. The zero-order valence-corrected chi connectivity index (χ0v) is 10.1. The van der Waals surface area contributed by atoms with E-state index in [4.69, 9.17) is 0 Å². The van der Waals surface area contributed by atoms with Crippen LogP contribution in [0.15, 0.2) is 4.90 Å². The first-order chi connectivity index (χ1) is 7.72. The lowest BCUT2D eigenvalue weighted by Crippen LogP contribution is -2.26. The summed E-state index contributed by atoms with van der Waals surface area (Å²) < 4.78 is 0. The van der Waals surface area contributed by atoms with E-state index in [1.807, 2.05) is 18.7 Å². The summed E-state index contributed by atoms with van der Waals surface area (Å²) in [6.45, 7) is 2.11. The van der Waals surface area contributed by atoms with Crippen LogP contribution in [-0.4, -0.2) is 33.0 Å². The third-order valence-electron chi connectivity index (χ3n) is 3.17. The standard InChI is InChI=1S/C11H15N3OS/c1-7-12-8-2-5-16-9(8)10(13-7)14-11(6-15)3-4-11/h15H,2-6H2,1H3,(H,12,13,14). The molecule has 3 rings (SSSR count). The van der Waals surface area contributed by atoms with Gasteiger partial charge in [-0.05, 0) is 19.8 Å². The van der Waals surface area contributed by atoms with E-state index in [1.54, 1.807) is 0 Å². The summed E-state index contributed by atoms with van der Waals surface area (Å²) in [5, 5.41) is 12.7. The van der Waals surface area contributed by atoms with Gasteiger partial charge < -0.3 is 10.4 Å². The topological polar surface area (TPSA) is 58.0 Å². The Balaban J connectivity index is 1.94. The molecule has 86 valence electrons. The molecule has 1 aliphatic carbocycles. The molecule has 1 aliphatic heterocycles. The number of rotatable bonds is 3. The molecule has 0 unspecified atom stereocenters. The van der Waals surface area contributed by atoms with Crippen LogP contribution in [0.3, 0.4) is 0 Å². The molecule has 0 amide bonds. The highest BCUT2D eigenvalue weighted by atomic mass is 32.2. The quantitative estimate of drug-likeness (QED) is 0.831. The average Bonchev–Trinajstić information content (AvgIpc) is 2.87. The monoisotopic (exact) mass is 237 g/mol. The van der Waals surface area contributed by atoms with E-state index in [-0.39, 0.29) is 12.1 Å². The number of aliphatic hydroxyl groups excluding tert-OH is 1. The molecule has 1 fully saturated rings. The number of aryl methyl sites for hydroxylation is 2. The zero-order valence-electron chi connectivity index (χ0n) is 9.29. The summed E-state index contributed by atoms with van der Waals surface area (Å²) in [7, 11) is 0. The van der Waals surface area contributed by atoms with Crippen molar-refractivity contribution in [3.63, 3.8) is 0 Å². The van der Waals surface area contributed by atoms with E-state index >= 15 is 0 Å². The smallest absolute Gasteiger partial charge is 0.144 e. The van der Waals surface area contributed by atoms with Crippen molar-refractivity contribution in [2.45, 2.75) is 36.6 Å². The fourth-order valence-electron chi connectivity index (χ4n) is 2.00. The van der Waals surface area contributed by atoms with Crippen LogP contribution < -0.4 is 5.32 Å². The Morgan fingerprint density at radius 2 is 2.25 bits per heavy atom. The van der Waals surface area contributed by atoms with Crippen LogP contribution in [0.4, 0.5) is 5.82 Å². The molecular weight excluding hydrogens is 222 g/mol. The van der Waals surface area contributed by atoms with Gasteiger partial charge in [-0.3, -0.25) is 0 Å². The first-order valence-electron chi connectivity index (χ1n) is 5.62. The maximum Gasteiger partial charge on any atom is 0.144 e. The molecule has 2 aliphatic rings. The van der Waals surface area contributed by atoms with Crippen LogP contribution in [-0.2, 0) is 6.42 Å². The van der Waals surface area contributed by atoms with Crippen molar-refractivity contribution in [2.75, 3.05) is 17.7 Å². The lowest BCUT2D eigenvalue weighted by atomic mass is 10.2.